The summed E-state index contributed by atoms with van der Waals surface area (Å²) in [5.74, 6) is 0.869. The maximum absolute atomic E-state index is 12.4. The van der Waals surface area contributed by atoms with Crippen LogP contribution in [0.15, 0.2) is 30.3 Å². The van der Waals surface area contributed by atoms with Crippen molar-refractivity contribution in [3.63, 3.8) is 0 Å². The van der Waals surface area contributed by atoms with E-state index in [1.807, 2.05) is 17.9 Å². The average Bonchev–Trinajstić information content (AvgIpc) is 2.82. The first kappa shape index (κ1) is 23.1. The molecule has 33 heavy (non-hydrogen) atoms. The first-order valence-corrected chi connectivity index (χ1v) is 11.9. The largest absolute Gasteiger partial charge is 0.370 e. The number of aromatic amines is 1. The molecule has 2 aromatic rings. The van der Waals surface area contributed by atoms with Gasteiger partial charge in [-0.25, -0.2) is 9.78 Å². The second-order valence-electron chi connectivity index (χ2n) is 9.49. The Hall–Kier alpha value is -3.11. The van der Waals surface area contributed by atoms with Gasteiger partial charge in [0.1, 0.15) is 30.4 Å². The van der Waals surface area contributed by atoms with Gasteiger partial charge >= 0.3 is 6.03 Å². The number of piperazine rings is 1. The molecular formula is C26H34N5O2+. The predicted molar refractivity (Wildman–Crippen MR) is 127 cm³/mol. The molecule has 0 aliphatic carbocycles. The molecule has 0 unspecified atom stereocenters. The molecule has 1 fully saturated rings. The minimum Gasteiger partial charge on any atom is -0.370 e. The highest BCUT2D eigenvalue weighted by Gasteiger charge is 2.36. The summed E-state index contributed by atoms with van der Waals surface area (Å²) in [5, 5.41) is 13.1. The number of anilines is 1. The third-order valence-electron chi connectivity index (χ3n) is 6.49. The van der Waals surface area contributed by atoms with Crippen LogP contribution in [0.1, 0.15) is 55.1 Å². The summed E-state index contributed by atoms with van der Waals surface area (Å²) in [4.78, 5) is 20.1. The summed E-state index contributed by atoms with van der Waals surface area (Å²) >= 11 is 0. The van der Waals surface area contributed by atoms with E-state index >= 15 is 0 Å². The van der Waals surface area contributed by atoms with E-state index in [2.05, 4.69) is 59.4 Å². The van der Waals surface area contributed by atoms with Crippen molar-refractivity contribution in [1.82, 2.24) is 10.2 Å². The highest BCUT2D eigenvalue weighted by atomic mass is 16.5. The fraction of sp³-hybridized carbons (Fsp3) is 0.500. The van der Waals surface area contributed by atoms with Crippen LogP contribution in [-0.4, -0.2) is 49.3 Å². The fourth-order valence-corrected chi connectivity index (χ4v) is 4.66. The highest BCUT2D eigenvalue weighted by Crippen LogP contribution is 2.34. The van der Waals surface area contributed by atoms with Crippen LogP contribution in [0.3, 0.4) is 0 Å². The van der Waals surface area contributed by atoms with Crippen molar-refractivity contribution in [3.05, 3.63) is 58.3 Å². The van der Waals surface area contributed by atoms with E-state index in [9.17, 15) is 10.1 Å². The van der Waals surface area contributed by atoms with Crippen molar-refractivity contribution in [3.8, 4) is 6.07 Å². The lowest BCUT2D eigenvalue weighted by atomic mass is 9.87. The lowest BCUT2D eigenvalue weighted by molar-refractivity contribution is -0.378. The number of fused-ring (bicyclic) bond motifs is 1. The molecule has 2 aliphatic rings. The number of pyridine rings is 1. The van der Waals surface area contributed by atoms with Crippen LogP contribution in [0.4, 0.5) is 10.6 Å². The van der Waals surface area contributed by atoms with Gasteiger partial charge in [0, 0.05) is 24.9 Å². The topological polar surface area (TPSA) is 82.7 Å². The molecule has 4 rings (SSSR count). The zero-order valence-electron chi connectivity index (χ0n) is 19.9. The second-order valence-corrected chi connectivity index (χ2v) is 9.49. The van der Waals surface area contributed by atoms with Crippen molar-refractivity contribution in [2.75, 3.05) is 37.6 Å². The lowest BCUT2D eigenvalue weighted by Gasteiger charge is -2.35. The van der Waals surface area contributed by atoms with Crippen LogP contribution in [0.2, 0.25) is 0 Å². The second kappa shape index (κ2) is 9.80. The van der Waals surface area contributed by atoms with Crippen LogP contribution < -0.4 is 15.2 Å². The number of hydrogen-bond acceptors (Lipinski definition) is 4. The number of hydrogen-bond donors (Lipinski definition) is 1. The predicted octanol–water partition coefficient (Wildman–Crippen LogP) is 3.06. The number of nitrogens with zero attached hydrogens (tertiary/aromatic N) is 3. The fourth-order valence-electron chi connectivity index (χ4n) is 4.66. The van der Waals surface area contributed by atoms with Gasteiger partial charge in [0.2, 0.25) is 0 Å². The number of nitriles is 1. The van der Waals surface area contributed by atoms with Gasteiger partial charge in [-0.05, 0) is 31.4 Å². The smallest absolute Gasteiger partial charge is 0.317 e. The summed E-state index contributed by atoms with van der Waals surface area (Å²) in [6.07, 6.45) is 2.38. The van der Waals surface area contributed by atoms with Gasteiger partial charge < -0.3 is 15.0 Å². The third kappa shape index (κ3) is 5.12. The van der Waals surface area contributed by atoms with E-state index in [1.54, 1.807) is 0 Å². The number of carbonyl (C=O) groups excluding carboxylic acids is 1. The molecule has 0 saturated carbocycles. The maximum Gasteiger partial charge on any atom is 0.317 e. The Balaban J connectivity index is 1.66. The number of carbonyl (C=O) groups is 1. The van der Waals surface area contributed by atoms with Gasteiger partial charge in [-0.1, -0.05) is 37.3 Å². The minimum absolute atomic E-state index is 0.00454. The van der Waals surface area contributed by atoms with Gasteiger partial charge in [-0.15, -0.1) is 0 Å². The number of rotatable bonds is 5. The van der Waals surface area contributed by atoms with Crippen molar-refractivity contribution in [2.24, 2.45) is 0 Å². The van der Waals surface area contributed by atoms with E-state index in [0.717, 1.165) is 35.5 Å². The monoisotopic (exact) mass is 448 g/mol. The van der Waals surface area contributed by atoms with Crippen LogP contribution in [0.5, 0.6) is 0 Å². The molecule has 1 aromatic heterocycles. The summed E-state index contributed by atoms with van der Waals surface area (Å²) in [6.45, 7) is 10.0. The number of benzene rings is 1. The first-order valence-electron chi connectivity index (χ1n) is 11.9. The maximum atomic E-state index is 12.4. The average molecular weight is 449 g/mol. The number of amides is 2. The molecule has 7 heteroatoms. The molecule has 3 heterocycles. The van der Waals surface area contributed by atoms with E-state index in [4.69, 9.17) is 4.74 Å². The molecule has 174 valence electrons. The lowest BCUT2D eigenvalue weighted by Crippen LogP contribution is -2.53. The molecule has 1 saturated heterocycles. The standard InChI is InChI=1S/C26H33N5O2/c1-4-10-28-25(32)31-13-11-30(12-14-31)24-21(17-27)20-16-26(2,3)33-18-22(20)23(29-24)15-19-8-6-5-7-9-19/h5-9H,4,10-16,18H2,1-3H3,(H,28,32)/p+1. The Kier molecular flexibility index (Phi) is 6.85. The molecule has 7 nitrogen and oxygen atoms in total. The van der Waals surface area contributed by atoms with Gasteiger partial charge in [0.15, 0.2) is 0 Å². The number of aromatic nitrogens is 1. The van der Waals surface area contributed by atoms with Gasteiger partial charge in [-0.2, -0.15) is 5.26 Å². The molecule has 0 atom stereocenters. The molecule has 2 aliphatic heterocycles. The SMILES string of the molecule is CCCNC(=O)N1CCN(c2[nH+]c(Cc3ccccc3)c3c(c2C#N)CC(C)(C)OC3)CC1. The first-order chi connectivity index (χ1) is 15.9. The van der Waals surface area contributed by atoms with Crippen molar-refractivity contribution < 1.29 is 14.5 Å². The Bertz CT molecular complexity index is 1040. The zero-order valence-corrected chi connectivity index (χ0v) is 19.9. The van der Waals surface area contributed by atoms with E-state index in [1.165, 1.54) is 5.56 Å². The number of nitrogens with one attached hydrogen (secondary N) is 2. The molecule has 1 aromatic carbocycles. The van der Waals surface area contributed by atoms with E-state index in [-0.39, 0.29) is 11.6 Å². The Morgan fingerprint density at radius 1 is 1.18 bits per heavy atom. The zero-order chi connectivity index (χ0) is 23.4. The van der Waals surface area contributed by atoms with E-state index in [0.29, 0.717) is 51.3 Å². The van der Waals surface area contributed by atoms with Crippen LogP contribution in [-0.2, 0) is 24.2 Å². The Morgan fingerprint density at radius 3 is 2.58 bits per heavy atom. The normalized spacial score (nSPS) is 17.3. The van der Waals surface area contributed by atoms with Crippen LogP contribution in [0.25, 0.3) is 0 Å². The van der Waals surface area contributed by atoms with Crippen LogP contribution in [0, 0.1) is 11.3 Å². The molecule has 0 bridgehead atoms. The summed E-state index contributed by atoms with van der Waals surface area (Å²) < 4.78 is 6.13. The summed E-state index contributed by atoms with van der Waals surface area (Å²) in [5.41, 5.74) is 4.92. The van der Waals surface area contributed by atoms with Crippen LogP contribution >= 0.6 is 0 Å². The van der Waals surface area contributed by atoms with E-state index < -0.39 is 0 Å². The number of H-pyrrole nitrogens is 1. The molecule has 0 spiro atoms. The Morgan fingerprint density at radius 2 is 1.91 bits per heavy atom. The molecule has 0 radical (unpaired) electrons. The summed E-state index contributed by atoms with van der Waals surface area (Å²) in [6, 6.07) is 12.9. The van der Waals surface area contributed by atoms with Gasteiger partial charge in [0.25, 0.3) is 5.82 Å². The molecule has 2 amide bonds. The number of urea groups is 1. The number of ether oxygens (including phenoxy) is 1. The minimum atomic E-state index is -0.308. The van der Waals surface area contributed by atoms with Gasteiger partial charge in [0.05, 0.1) is 25.3 Å². The van der Waals surface area contributed by atoms with Gasteiger partial charge in [-0.3, -0.25) is 4.90 Å². The van der Waals surface area contributed by atoms with Crippen molar-refractivity contribution in [2.45, 2.75) is 52.2 Å². The highest BCUT2D eigenvalue weighted by molar-refractivity contribution is 5.74. The Labute approximate surface area is 196 Å². The molecule has 2 N–H and O–H groups in total. The van der Waals surface area contributed by atoms with Crippen molar-refractivity contribution in [1.29, 1.82) is 5.26 Å². The summed E-state index contributed by atoms with van der Waals surface area (Å²) in [7, 11) is 0. The quantitative estimate of drug-likeness (QED) is 0.762. The molecular weight excluding hydrogens is 414 g/mol. The third-order valence-corrected chi connectivity index (χ3v) is 6.49. The van der Waals surface area contributed by atoms with Crippen molar-refractivity contribution >= 4 is 11.8 Å².